The summed E-state index contributed by atoms with van der Waals surface area (Å²) in [5.74, 6) is -0.517. The van der Waals surface area contributed by atoms with Crippen molar-refractivity contribution in [2.24, 2.45) is 0 Å². The zero-order valence-corrected chi connectivity index (χ0v) is 14.3. The van der Waals surface area contributed by atoms with Crippen LogP contribution in [0.15, 0.2) is 47.5 Å². The van der Waals surface area contributed by atoms with Gasteiger partial charge < -0.3 is 9.84 Å². The number of hydrogen-bond donors (Lipinski definition) is 1. The molecule has 11 heteroatoms. The minimum atomic E-state index is -4.20. The monoisotopic (exact) mass is 382 g/mol. The van der Waals surface area contributed by atoms with Gasteiger partial charge in [0.25, 0.3) is 15.8 Å². The Labute approximate surface area is 148 Å². The van der Waals surface area contributed by atoms with E-state index >= 15 is 0 Å². The van der Waals surface area contributed by atoms with Crippen molar-refractivity contribution in [2.75, 3.05) is 6.61 Å². The quantitative estimate of drug-likeness (QED) is 0.324. The van der Waals surface area contributed by atoms with Crippen LogP contribution < -0.4 is 4.74 Å². The van der Waals surface area contributed by atoms with Crippen LogP contribution in [0, 0.1) is 10.1 Å². The maximum Gasteiger partial charge on any atom is 0.309 e. The first-order chi connectivity index (χ1) is 12.2. The summed E-state index contributed by atoms with van der Waals surface area (Å²) < 4.78 is 33.6. The SMILES string of the molecule is CC(=O)Oc1ccc([C@@H](O)COS(=O)(=O)c2ccc([N+](=O)[O-])cc2)cn1. The van der Waals surface area contributed by atoms with Gasteiger partial charge in [0.1, 0.15) is 6.10 Å². The molecule has 0 fully saturated rings. The lowest BCUT2D eigenvalue weighted by Gasteiger charge is -2.12. The van der Waals surface area contributed by atoms with Crippen LogP contribution >= 0.6 is 0 Å². The lowest BCUT2D eigenvalue weighted by Crippen LogP contribution is -2.14. The van der Waals surface area contributed by atoms with E-state index in [1.165, 1.54) is 25.3 Å². The molecule has 10 nitrogen and oxygen atoms in total. The Balaban J connectivity index is 2.01. The van der Waals surface area contributed by atoms with Crippen LogP contribution in [-0.4, -0.2) is 36.0 Å². The molecule has 1 atom stereocenters. The number of esters is 1. The number of aliphatic hydroxyl groups excluding tert-OH is 1. The fraction of sp³-hybridized carbons (Fsp3) is 0.200. The fourth-order valence-corrected chi connectivity index (χ4v) is 2.76. The van der Waals surface area contributed by atoms with Gasteiger partial charge in [0, 0.05) is 36.9 Å². The third-order valence-electron chi connectivity index (χ3n) is 3.11. The van der Waals surface area contributed by atoms with Crippen LogP contribution in [0.4, 0.5) is 5.69 Å². The largest absolute Gasteiger partial charge is 0.408 e. The molecule has 26 heavy (non-hydrogen) atoms. The van der Waals surface area contributed by atoms with Crippen molar-refractivity contribution in [2.45, 2.75) is 17.9 Å². The average Bonchev–Trinajstić information content (AvgIpc) is 2.60. The highest BCUT2D eigenvalue weighted by Crippen LogP contribution is 2.20. The molecule has 1 N–H and O–H groups in total. The van der Waals surface area contributed by atoms with Gasteiger partial charge in [0.2, 0.25) is 5.88 Å². The van der Waals surface area contributed by atoms with E-state index in [0.29, 0.717) is 0 Å². The highest BCUT2D eigenvalue weighted by Gasteiger charge is 2.20. The Hall–Kier alpha value is -2.89. The van der Waals surface area contributed by atoms with Crippen LogP contribution in [0.1, 0.15) is 18.6 Å². The molecule has 1 aromatic heterocycles. The smallest absolute Gasteiger partial charge is 0.309 e. The lowest BCUT2D eigenvalue weighted by molar-refractivity contribution is -0.384. The molecule has 0 amide bonds. The van der Waals surface area contributed by atoms with Crippen molar-refractivity contribution in [3.8, 4) is 5.88 Å². The Morgan fingerprint density at radius 2 is 1.92 bits per heavy atom. The van der Waals surface area contributed by atoms with Gasteiger partial charge in [-0.2, -0.15) is 8.42 Å². The van der Waals surface area contributed by atoms with E-state index in [9.17, 15) is 28.4 Å². The van der Waals surface area contributed by atoms with E-state index in [0.717, 1.165) is 24.3 Å². The van der Waals surface area contributed by atoms with E-state index in [2.05, 4.69) is 4.98 Å². The van der Waals surface area contributed by atoms with Crippen molar-refractivity contribution >= 4 is 21.8 Å². The van der Waals surface area contributed by atoms with Crippen LogP contribution in [0.2, 0.25) is 0 Å². The number of ether oxygens (including phenoxy) is 1. The van der Waals surface area contributed by atoms with Gasteiger partial charge in [-0.05, 0) is 18.2 Å². The minimum absolute atomic E-state index is 0.0351. The molecule has 0 radical (unpaired) electrons. The molecular formula is C15H14N2O8S. The van der Waals surface area contributed by atoms with E-state index in [1.807, 2.05) is 0 Å². The second-order valence-electron chi connectivity index (χ2n) is 5.03. The van der Waals surface area contributed by atoms with Crippen LogP contribution in [-0.2, 0) is 19.1 Å². The van der Waals surface area contributed by atoms with E-state index in [1.54, 1.807) is 0 Å². The molecule has 2 rings (SSSR count). The van der Waals surface area contributed by atoms with Crippen LogP contribution in [0.25, 0.3) is 0 Å². The zero-order chi connectivity index (χ0) is 19.3. The Morgan fingerprint density at radius 3 is 2.42 bits per heavy atom. The number of nitrogens with zero attached hydrogens (tertiary/aromatic N) is 2. The fourth-order valence-electron chi connectivity index (χ4n) is 1.85. The number of carbonyl (C=O) groups excluding carboxylic acids is 1. The molecule has 138 valence electrons. The molecule has 1 aromatic carbocycles. The van der Waals surface area contributed by atoms with Crippen molar-refractivity contribution in [1.29, 1.82) is 0 Å². The van der Waals surface area contributed by atoms with Gasteiger partial charge >= 0.3 is 5.97 Å². The number of aliphatic hydroxyl groups is 1. The van der Waals surface area contributed by atoms with Crippen molar-refractivity contribution in [1.82, 2.24) is 4.98 Å². The molecule has 0 aliphatic heterocycles. The van der Waals surface area contributed by atoms with Gasteiger partial charge in [0.15, 0.2) is 0 Å². The van der Waals surface area contributed by atoms with Gasteiger partial charge in [-0.15, -0.1) is 0 Å². The van der Waals surface area contributed by atoms with Crippen molar-refractivity contribution in [3.63, 3.8) is 0 Å². The number of pyridine rings is 1. The number of rotatable bonds is 7. The number of aromatic nitrogens is 1. The molecule has 0 bridgehead atoms. The Morgan fingerprint density at radius 1 is 1.27 bits per heavy atom. The van der Waals surface area contributed by atoms with E-state index in [4.69, 9.17) is 8.92 Å². The third kappa shape index (κ3) is 5.05. The van der Waals surface area contributed by atoms with Crippen molar-refractivity contribution in [3.05, 3.63) is 58.3 Å². The highest BCUT2D eigenvalue weighted by molar-refractivity contribution is 7.86. The summed E-state index contributed by atoms with van der Waals surface area (Å²) in [5.41, 5.74) is -0.0114. The van der Waals surface area contributed by atoms with Crippen molar-refractivity contribution < 1.29 is 32.2 Å². The van der Waals surface area contributed by atoms with Crippen LogP contribution in [0.3, 0.4) is 0 Å². The first-order valence-corrected chi connectivity index (χ1v) is 8.56. The van der Waals surface area contributed by atoms with Gasteiger partial charge in [-0.3, -0.25) is 19.1 Å². The number of carbonyl (C=O) groups is 1. The second kappa shape index (κ2) is 7.99. The molecule has 0 saturated carbocycles. The van der Waals surface area contributed by atoms with Crippen LogP contribution in [0.5, 0.6) is 5.88 Å². The minimum Gasteiger partial charge on any atom is -0.408 e. The predicted octanol–water partition coefficient (Wildman–Crippen LogP) is 1.35. The molecule has 0 saturated heterocycles. The Bertz CT molecular complexity index is 894. The molecule has 0 unspecified atom stereocenters. The molecule has 1 heterocycles. The Kier molecular flexibility index (Phi) is 5.97. The summed E-state index contributed by atoms with van der Waals surface area (Å²) in [4.78, 5) is 24.2. The summed E-state index contributed by atoms with van der Waals surface area (Å²) in [7, 11) is -4.20. The first-order valence-electron chi connectivity index (χ1n) is 7.15. The van der Waals surface area contributed by atoms with E-state index < -0.39 is 33.7 Å². The van der Waals surface area contributed by atoms with E-state index in [-0.39, 0.29) is 22.0 Å². The maximum absolute atomic E-state index is 12.0. The molecule has 2 aromatic rings. The zero-order valence-electron chi connectivity index (χ0n) is 13.4. The highest BCUT2D eigenvalue weighted by atomic mass is 32.2. The molecule has 0 spiro atoms. The number of hydrogen-bond acceptors (Lipinski definition) is 9. The van der Waals surface area contributed by atoms with Gasteiger partial charge in [-0.25, -0.2) is 4.98 Å². The second-order valence-corrected chi connectivity index (χ2v) is 6.64. The molecule has 0 aliphatic carbocycles. The number of nitro benzene ring substituents is 1. The number of benzene rings is 1. The third-order valence-corrected chi connectivity index (χ3v) is 4.41. The standard InChI is InChI=1S/C15H14N2O8S/c1-10(18)25-15-7-2-11(8-16-15)14(19)9-24-26(22,23)13-5-3-12(4-6-13)17(20)21/h2-8,14,19H,9H2,1H3/t14-/m0/s1. The molecular weight excluding hydrogens is 368 g/mol. The summed E-state index contributed by atoms with van der Waals surface area (Å²) in [6.07, 6.45) is -0.0909. The number of non-ortho nitro benzene ring substituents is 1. The summed E-state index contributed by atoms with van der Waals surface area (Å²) in [5, 5.41) is 20.6. The normalized spacial score (nSPS) is 12.4. The maximum atomic E-state index is 12.0. The summed E-state index contributed by atoms with van der Waals surface area (Å²) >= 11 is 0. The van der Waals surface area contributed by atoms with Gasteiger partial charge in [-0.1, -0.05) is 0 Å². The summed E-state index contributed by atoms with van der Waals surface area (Å²) in [6.45, 7) is 0.620. The predicted molar refractivity (Wildman–Crippen MR) is 86.7 cm³/mol. The molecule has 0 aliphatic rings. The van der Waals surface area contributed by atoms with Gasteiger partial charge in [0.05, 0.1) is 16.4 Å². The lowest BCUT2D eigenvalue weighted by atomic mass is 10.2. The topological polar surface area (TPSA) is 146 Å². The summed E-state index contributed by atoms with van der Waals surface area (Å²) in [6, 6.07) is 6.88. The average molecular weight is 382 g/mol. The number of nitro groups is 1. The first kappa shape index (κ1) is 19.4.